The highest BCUT2D eigenvalue weighted by molar-refractivity contribution is 9.10. The minimum absolute atomic E-state index is 0.0437. The second-order valence-electron chi connectivity index (χ2n) is 7.41. The number of hydrogen-bond acceptors (Lipinski definition) is 2. The van der Waals surface area contributed by atoms with Crippen LogP contribution in [0.2, 0.25) is 0 Å². The molecule has 0 fully saturated rings. The van der Waals surface area contributed by atoms with E-state index in [0.29, 0.717) is 18.8 Å². The minimum Gasteiger partial charge on any atom is -0.353 e. The van der Waals surface area contributed by atoms with Crippen molar-refractivity contribution in [3.63, 3.8) is 0 Å². The summed E-state index contributed by atoms with van der Waals surface area (Å²) in [4.78, 5) is 29.4. The molecule has 6 nitrogen and oxygen atoms in total. The zero-order chi connectivity index (χ0) is 21.4. The number of nitrogens with zero attached hydrogens (tertiary/aromatic N) is 3. The number of anilines is 1. The predicted octanol–water partition coefficient (Wildman–Crippen LogP) is 4.86. The average molecular weight is 463 g/mol. The molecule has 0 aliphatic rings. The molecule has 0 saturated carbocycles. The van der Waals surface area contributed by atoms with E-state index in [-0.39, 0.29) is 24.5 Å². The molecule has 1 aromatic heterocycles. The van der Waals surface area contributed by atoms with Gasteiger partial charge in [0.15, 0.2) is 0 Å². The van der Waals surface area contributed by atoms with Crippen molar-refractivity contribution in [2.75, 3.05) is 18.4 Å². The van der Waals surface area contributed by atoms with Gasteiger partial charge in [-0.25, -0.2) is 4.79 Å². The molecular weight excluding hydrogens is 432 g/mol. The average Bonchev–Trinajstić information content (AvgIpc) is 3.08. The summed E-state index contributed by atoms with van der Waals surface area (Å²) in [6.45, 7) is 7.21. The van der Waals surface area contributed by atoms with Gasteiger partial charge in [0.2, 0.25) is 5.91 Å². The first kappa shape index (κ1) is 23.0. The number of para-hydroxylation sites is 1. The molecule has 0 aliphatic heterocycles. The molecule has 0 radical (unpaired) electrons. The number of rotatable bonds is 9. The fraction of sp³-hybridized carbons (Fsp3) is 0.455. The van der Waals surface area contributed by atoms with Gasteiger partial charge in [-0.3, -0.25) is 4.79 Å². The molecule has 29 heavy (non-hydrogen) atoms. The number of carbonyl (C=O) groups is 2. The Morgan fingerprint density at radius 2 is 1.90 bits per heavy atom. The molecule has 0 aliphatic carbocycles. The molecule has 7 heteroatoms. The van der Waals surface area contributed by atoms with Crippen molar-refractivity contribution in [3.05, 3.63) is 52.8 Å². The SMILES string of the molecule is CCCCN(Cc1cccn1C)C(=O)CN(C(=O)Nc1ccccc1Br)C(C)C. The van der Waals surface area contributed by atoms with E-state index in [0.717, 1.165) is 23.0 Å². The molecule has 158 valence electrons. The van der Waals surface area contributed by atoms with Crippen molar-refractivity contribution in [1.82, 2.24) is 14.4 Å². The van der Waals surface area contributed by atoms with Crippen LogP contribution in [0.1, 0.15) is 39.3 Å². The van der Waals surface area contributed by atoms with Gasteiger partial charge in [-0.2, -0.15) is 0 Å². The minimum atomic E-state index is -0.283. The predicted molar refractivity (Wildman–Crippen MR) is 121 cm³/mol. The molecule has 1 aromatic carbocycles. The first-order valence-electron chi connectivity index (χ1n) is 10.0. The highest BCUT2D eigenvalue weighted by Crippen LogP contribution is 2.22. The third-order valence-corrected chi connectivity index (χ3v) is 5.54. The van der Waals surface area contributed by atoms with Crippen LogP contribution in [0.4, 0.5) is 10.5 Å². The number of aromatic nitrogens is 1. The fourth-order valence-electron chi connectivity index (χ4n) is 2.98. The largest absolute Gasteiger partial charge is 0.353 e. The topological polar surface area (TPSA) is 57.6 Å². The van der Waals surface area contributed by atoms with Crippen molar-refractivity contribution in [3.8, 4) is 0 Å². The molecule has 0 spiro atoms. The number of unbranched alkanes of at least 4 members (excludes halogenated alkanes) is 1. The zero-order valence-electron chi connectivity index (χ0n) is 17.7. The van der Waals surface area contributed by atoms with Crippen LogP contribution in [-0.4, -0.2) is 45.4 Å². The van der Waals surface area contributed by atoms with E-state index < -0.39 is 0 Å². The van der Waals surface area contributed by atoms with Gasteiger partial charge in [0.1, 0.15) is 6.54 Å². The monoisotopic (exact) mass is 462 g/mol. The normalized spacial score (nSPS) is 10.8. The van der Waals surface area contributed by atoms with E-state index in [2.05, 4.69) is 28.2 Å². The highest BCUT2D eigenvalue weighted by Gasteiger charge is 2.24. The maximum Gasteiger partial charge on any atom is 0.322 e. The number of halogens is 1. The van der Waals surface area contributed by atoms with E-state index in [4.69, 9.17) is 0 Å². The van der Waals surface area contributed by atoms with E-state index in [1.54, 1.807) is 4.90 Å². The van der Waals surface area contributed by atoms with Crippen molar-refractivity contribution in [2.45, 2.75) is 46.2 Å². The molecule has 0 unspecified atom stereocenters. The number of nitrogens with one attached hydrogen (secondary N) is 1. The Bertz CT molecular complexity index is 819. The van der Waals surface area contributed by atoms with Gasteiger partial charge in [0, 0.05) is 36.0 Å². The fourth-order valence-corrected chi connectivity index (χ4v) is 3.37. The zero-order valence-corrected chi connectivity index (χ0v) is 19.3. The molecule has 2 rings (SSSR count). The summed E-state index contributed by atoms with van der Waals surface area (Å²) >= 11 is 3.44. The molecule has 0 bridgehead atoms. The van der Waals surface area contributed by atoms with E-state index in [1.165, 1.54) is 0 Å². The van der Waals surface area contributed by atoms with Crippen LogP contribution in [0.3, 0.4) is 0 Å². The van der Waals surface area contributed by atoms with E-state index in [1.807, 2.05) is 73.0 Å². The van der Waals surface area contributed by atoms with Crippen LogP contribution in [0.15, 0.2) is 47.1 Å². The first-order chi connectivity index (χ1) is 13.8. The number of hydrogen-bond donors (Lipinski definition) is 1. The maximum atomic E-state index is 13.1. The molecule has 1 heterocycles. The van der Waals surface area contributed by atoms with E-state index >= 15 is 0 Å². The number of carbonyl (C=O) groups excluding carboxylic acids is 2. The van der Waals surface area contributed by atoms with Crippen LogP contribution in [0.5, 0.6) is 0 Å². The highest BCUT2D eigenvalue weighted by atomic mass is 79.9. The number of urea groups is 1. The Labute approximate surface area is 182 Å². The summed E-state index contributed by atoms with van der Waals surface area (Å²) in [5.74, 6) is -0.0457. The van der Waals surface area contributed by atoms with Crippen LogP contribution < -0.4 is 5.32 Å². The Balaban J connectivity index is 2.11. The lowest BCUT2D eigenvalue weighted by atomic mass is 10.2. The molecular formula is C22H31BrN4O2. The van der Waals surface area contributed by atoms with Crippen molar-refractivity contribution in [1.29, 1.82) is 0 Å². The van der Waals surface area contributed by atoms with E-state index in [9.17, 15) is 9.59 Å². The van der Waals surface area contributed by atoms with Crippen molar-refractivity contribution < 1.29 is 9.59 Å². The van der Waals surface area contributed by atoms with Crippen molar-refractivity contribution >= 4 is 33.6 Å². The Hall–Kier alpha value is -2.28. The van der Waals surface area contributed by atoms with Gasteiger partial charge < -0.3 is 19.7 Å². The van der Waals surface area contributed by atoms with Gasteiger partial charge in [-0.1, -0.05) is 25.5 Å². The maximum absolute atomic E-state index is 13.1. The number of benzene rings is 1. The second kappa shape index (κ2) is 11.0. The van der Waals surface area contributed by atoms with Crippen LogP contribution in [-0.2, 0) is 18.4 Å². The Morgan fingerprint density at radius 1 is 1.17 bits per heavy atom. The smallest absolute Gasteiger partial charge is 0.322 e. The van der Waals surface area contributed by atoms with Crippen molar-refractivity contribution in [2.24, 2.45) is 7.05 Å². The van der Waals surface area contributed by atoms with Crippen LogP contribution >= 0.6 is 15.9 Å². The first-order valence-corrected chi connectivity index (χ1v) is 10.8. The molecule has 1 N–H and O–H groups in total. The summed E-state index contributed by atoms with van der Waals surface area (Å²) in [7, 11) is 1.98. The lowest BCUT2D eigenvalue weighted by Crippen LogP contribution is -2.47. The number of aryl methyl sites for hydroxylation is 1. The summed E-state index contributed by atoms with van der Waals surface area (Å²) < 4.78 is 2.82. The van der Waals surface area contributed by atoms with Gasteiger partial charge in [0.05, 0.1) is 12.2 Å². The summed E-state index contributed by atoms with van der Waals surface area (Å²) in [5, 5.41) is 2.90. The summed E-state index contributed by atoms with van der Waals surface area (Å²) in [5.41, 5.74) is 1.76. The van der Waals surface area contributed by atoms with Gasteiger partial charge in [-0.05, 0) is 60.5 Å². The Kier molecular flexibility index (Phi) is 8.76. The lowest BCUT2D eigenvalue weighted by molar-refractivity contribution is -0.132. The molecule has 0 atom stereocenters. The molecule has 3 amide bonds. The standard InChI is InChI=1S/C22H31BrN4O2/c1-5-6-14-26(15-18-10-9-13-25(18)4)21(28)16-27(17(2)3)22(29)24-20-12-8-7-11-19(20)23/h7-13,17H,5-6,14-16H2,1-4H3,(H,24,29). The van der Waals surface area contributed by atoms with Gasteiger partial charge >= 0.3 is 6.03 Å². The van der Waals surface area contributed by atoms with Crippen LogP contribution in [0, 0.1) is 0 Å². The molecule has 0 saturated heterocycles. The Morgan fingerprint density at radius 3 is 2.48 bits per heavy atom. The third kappa shape index (κ3) is 6.63. The van der Waals surface area contributed by atoms with Crippen LogP contribution in [0.25, 0.3) is 0 Å². The molecule has 2 aromatic rings. The summed E-state index contributed by atoms with van der Waals surface area (Å²) in [6, 6.07) is 11.0. The third-order valence-electron chi connectivity index (χ3n) is 4.84. The van der Waals surface area contributed by atoms with Gasteiger partial charge in [-0.15, -0.1) is 0 Å². The number of amides is 3. The lowest BCUT2D eigenvalue weighted by Gasteiger charge is -2.30. The quantitative estimate of drug-likeness (QED) is 0.578. The van der Waals surface area contributed by atoms with Gasteiger partial charge in [0.25, 0.3) is 0 Å². The second-order valence-corrected chi connectivity index (χ2v) is 8.27. The summed E-state index contributed by atoms with van der Waals surface area (Å²) in [6.07, 6.45) is 3.91.